The number of carboxylic acids is 1. The van der Waals surface area contributed by atoms with Gasteiger partial charge in [-0.3, -0.25) is 9.59 Å². The Hall–Kier alpha value is -2.31. The predicted octanol–water partition coefficient (Wildman–Crippen LogP) is 0.0616. The van der Waals surface area contributed by atoms with E-state index in [2.05, 4.69) is 5.32 Å². The van der Waals surface area contributed by atoms with Crippen LogP contribution in [0.5, 0.6) is 0 Å². The van der Waals surface area contributed by atoms with Gasteiger partial charge in [-0.1, -0.05) is 6.07 Å². The number of carbonyl (C=O) groups is 2. The van der Waals surface area contributed by atoms with E-state index in [9.17, 15) is 14.4 Å². The third-order valence-corrected chi connectivity index (χ3v) is 4.16. The van der Waals surface area contributed by atoms with Crippen molar-refractivity contribution in [2.24, 2.45) is 5.92 Å². The van der Waals surface area contributed by atoms with Crippen LogP contribution in [0.25, 0.3) is 0 Å². The van der Waals surface area contributed by atoms with Crippen molar-refractivity contribution in [1.29, 1.82) is 0 Å². The molecule has 1 saturated heterocycles. The SMILES string of the molecule is O=C(O)CNC(=O)N1C[C@H]2C[C@@H](C1)c1cccc(=O)n1C2. The largest absolute Gasteiger partial charge is 0.480 e. The van der Waals surface area contributed by atoms with Crippen LogP contribution in [0.15, 0.2) is 23.0 Å². The van der Waals surface area contributed by atoms with E-state index >= 15 is 0 Å². The summed E-state index contributed by atoms with van der Waals surface area (Å²) >= 11 is 0. The van der Waals surface area contributed by atoms with Crippen molar-refractivity contribution in [3.8, 4) is 0 Å². The minimum Gasteiger partial charge on any atom is -0.480 e. The molecule has 3 heterocycles. The minimum atomic E-state index is -1.06. The highest BCUT2D eigenvalue weighted by atomic mass is 16.4. The summed E-state index contributed by atoms with van der Waals surface area (Å²) in [4.78, 5) is 36.1. The molecule has 2 aliphatic rings. The Balaban J connectivity index is 1.77. The zero-order valence-electron chi connectivity index (χ0n) is 11.5. The molecule has 1 aromatic rings. The van der Waals surface area contributed by atoms with E-state index in [-0.39, 0.29) is 30.0 Å². The number of pyridine rings is 1. The third-order valence-electron chi connectivity index (χ3n) is 4.16. The van der Waals surface area contributed by atoms with Crippen molar-refractivity contribution >= 4 is 12.0 Å². The Morgan fingerprint density at radius 3 is 2.86 bits per heavy atom. The van der Waals surface area contributed by atoms with Gasteiger partial charge in [-0.2, -0.15) is 0 Å². The number of likely N-dealkylation sites (tertiary alicyclic amines) is 1. The summed E-state index contributed by atoms with van der Waals surface area (Å²) in [5.74, 6) is -0.675. The van der Waals surface area contributed by atoms with Gasteiger partial charge in [-0.25, -0.2) is 4.79 Å². The summed E-state index contributed by atoms with van der Waals surface area (Å²) in [5, 5.41) is 11.0. The maximum absolute atomic E-state index is 12.0. The highest BCUT2D eigenvalue weighted by Crippen LogP contribution is 2.34. The third kappa shape index (κ3) is 2.63. The van der Waals surface area contributed by atoms with Gasteiger partial charge in [-0.15, -0.1) is 0 Å². The van der Waals surface area contributed by atoms with E-state index in [1.54, 1.807) is 21.6 Å². The summed E-state index contributed by atoms with van der Waals surface area (Å²) in [7, 11) is 0. The van der Waals surface area contributed by atoms with Crippen molar-refractivity contribution in [1.82, 2.24) is 14.8 Å². The standard InChI is InChI=1S/C14H17N3O4/c18-12-3-1-2-11-10-4-9(7-17(11)12)6-16(8-10)14(21)15-5-13(19)20/h1-3,9-10H,4-8H2,(H,15,21)(H,19,20)/t9-,10+/m1/s1. The molecule has 21 heavy (non-hydrogen) atoms. The monoisotopic (exact) mass is 291 g/mol. The fourth-order valence-corrected chi connectivity index (χ4v) is 3.33. The average Bonchev–Trinajstić information content (AvgIpc) is 2.45. The zero-order chi connectivity index (χ0) is 15.0. The van der Waals surface area contributed by atoms with Crippen LogP contribution in [0.2, 0.25) is 0 Å². The molecule has 0 spiro atoms. The van der Waals surface area contributed by atoms with E-state index in [0.29, 0.717) is 19.6 Å². The molecular weight excluding hydrogens is 274 g/mol. The molecule has 2 N–H and O–H groups in total. The number of hydrogen-bond acceptors (Lipinski definition) is 3. The zero-order valence-corrected chi connectivity index (χ0v) is 11.5. The number of fused-ring (bicyclic) bond motifs is 4. The first-order valence-electron chi connectivity index (χ1n) is 6.99. The summed E-state index contributed by atoms with van der Waals surface area (Å²) in [6.07, 6.45) is 0.964. The lowest BCUT2D eigenvalue weighted by molar-refractivity contribution is -0.135. The van der Waals surface area contributed by atoms with Crippen LogP contribution in [0.1, 0.15) is 18.0 Å². The van der Waals surface area contributed by atoms with Crippen LogP contribution in [0.3, 0.4) is 0 Å². The first-order chi connectivity index (χ1) is 10.0. The molecule has 1 aromatic heterocycles. The lowest BCUT2D eigenvalue weighted by atomic mass is 9.83. The Morgan fingerprint density at radius 1 is 1.29 bits per heavy atom. The first kappa shape index (κ1) is 13.7. The molecule has 0 aliphatic carbocycles. The average molecular weight is 291 g/mol. The Kier molecular flexibility index (Phi) is 3.40. The maximum atomic E-state index is 12.0. The van der Waals surface area contributed by atoms with Crippen molar-refractivity contribution < 1.29 is 14.7 Å². The summed E-state index contributed by atoms with van der Waals surface area (Å²) in [6.45, 7) is 1.32. The summed E-state index contributed by atoms with van der Waals surface area (Å²) in [5.41, 5.74) is 0.973. The van der Waals surface area contributed by atoms with Crippen molar-refractivity contribution in [2.45, 2.75) is 18.9 Å². The summed E-state index contributed by atoms with van der Waals surface area (Å²) in [6, 6.07) is 4.89. The minimum absolute atomic E-state index is 0.00554. The molecule has 3 rings (SSSR count). The van der Waals surface area contributed by atoms with Gasteiger partial charge in [0, 0.05) is 37.3 Å². The number of hydrogen-bond donors (Lipinski definition) is 2. The second-order valence-electron chi connectivity index (χ2n) is 5.66. The Bertz CT molecular complexity index is 639. The molecule has 7 nitrogen and oxygen atoms in total. The van der Waals surface area contributed by atoms with Crippen LogP contribution in [-0.2, 0) is 11.3 Å². The number of rotatable bonds is 2. The molecule has 112 valence electrons. The second kappa shape index (κ2) is 5.23. The molecule has 0 unspecified atom stereocenters. The fraction of sp³-hybridized carbons (Fsp3) is 0.500. The van der Waals surface area contributed by atoms with Gasteiger partial charge in [0.2, 0.25) is 0 Å². The molecule has 0 aromatic carbocycles. The van der Waals surface area contributed by atoms with Gasteiger partial charge in [0.25, 0.3) is 5.56 Å². The Morgan fingerprint density at radius 2 is 2.10 bits per heavy atom. The number of urea groups is 1. The van der Waals surface area contributed by atoms with E-state index in [0.717, 1.165) is 12.1 Å². The number of aromatic nitrogens is 1. The van der Waals surface area contributed by atoms with Gasteiger partial charge >= 0.3 is 12.0 Å². The normalized spacial score (nSPS) is 23.3. The van der Waals surface area contributed by atoms with Crippen LogP contribution >= 0.6 is 0 Å². The lowest BCUT2D eigenvalue weighted by Crippen LogP contribution is -2.52. The topological polar surface area (TPSA) is 91.6 Å². The number of aliphatic carboxylic acids is 1. The molecule has 2 aliphatic heterocycles. The van der Waals surface area contributed by atoms with Gasteiger partial charge in [0.05, 0.1) is 0 Å². The fourth-order valence-electron chi connectivity index (χ4n) is 3.33. The molecule has 7 heteroatoms. The molecule has 2 amide bonds. The van der Waals surface area contributed by atoms with E-state index in [1.807, 2.05) is 6.07 Å². The quantitative estimate of drug-likeness (QED) is 0.806. The van der Waals surface area contributed by atoms with Crippen molar-refractivity contribution in [3.63, 3.8) is 0 Å². The van der Waals surface area contributed by atoms with Crippen LogP contribution in [0.4, 0.5) is 4.79 Å². The number of nitrogens with one attached hydrogen (secondary N) is 1. The van der Waals surface area contributed by atoms with Gasteiger partial charge < -0.3 is 19.9 Å². The van der Waals surface area contributed by atoms with E-state index in [1.165, 1.54) is 0 Å². The molecule has 1 fully saturated rings. The van der Waals surface area contributed by atoms with Crippen LogP contribution in [-0.4, -0.2) is 46.2 Å². The first-order valence-corrected chi connectivity index (χ1v) is 6.99. The van der Waals surface area contributed by atoms with E-state index < -0.39 is 5.97 Å². The van der Waals surface area contributed by atoms with Gasteiger partial charge in [0.15, 0.2) is 0 Å². The van der Waals surface area contributed by atoms with Crippen LogP contribution < -0.4 is 10.9 Å². The molecule has 0 radical (unpaired) electrons. The second-order valence-corrected chi connectivity index (χ2v) is 5.66. The van der Waals surface area contributed by atoms with Crippen LogP contribution in [0, 0.1) is 5.92 Å². The lowest BCUT2D eigenvalue weighted by Gasteiger charge is -2.42. The number of piperidine rings is 1. The highest BCUT2D eigenvalue weighted by molar-refractivity contribution is 5.80. The van der Waals surface area contributed by atoms with Crippen molar-refractivity contribution in [3.05, 3.63) is 34.2 Å². The van der Waals surface area contributed by atoms with Gasteiger partial charge in [-0.05, 0) is 18.4 Å². The van der Waals surface area contributed by atoms with Crippen molar-refractivity contribution in [2.75, 3.05) is 19.6 Å². The molecule has 2 atom stereocenters. The predicted molar refractivity (Wildman–Crippen MR) is 74.2 cm³/mol. The molecular formula is C14H17N3O4. The number of nitrogens with zero attached hydrogens (tertiary/aromatic N) is 2. The number of carboxylic acid groups (broad SMARTS) is 1. The highest BCUT2D eigenvalue weighted by Gasteiger charge is 2.36. The Labute approximate surface area is 121 Å². The smallest absolute Gasteiger partial charge is 0.323 e. The molecule has 2 bridgehead atoms. The number of carbonyl (C=O) groups excluding carboxylic acids is 1. The molecule has 0 saturated carbocycles. The summed E-state index contributed by atoms with van der Waals surface area (Å²) < 4.78 is 1.80. The van der Waals surface area contributed by atoms with E-state index in [4.69, 9.17) is 5.11 Å². The number of amides is 2. The maximum Gasteiger partial charge on any atom is 0.323 e. The van der Waals surface area contributed by atoms with Gasteiger partial charge in [0.1, 0.15) is 6.54 Å².